The molecule has 2 heterocycles. The Labute approximate surface area is 202 Å². The fourth-order valence-electron chi connectivity index (χ4n) is 4.08. The molecule has 0 aliphatic carbocycles. The van der Waals surface area contributed by atoms with Crippen molar-refractivity contribution in [1.29, 1.82) is 0 Å². The zero-order valence-corrected chi connectivity index (χ0v) is 19.4. The molecule has 10 heteroatoms. The number of nitrogens with zero attached hydrogens (tertiary/aromatic N) is 4. The van der Waals surface area contributed by atoms with E-state index in [1.807, 2.05) is 18.2 Å². The van der Waals surface area contributed by atoms with Crippen molar-refractivity contribution in [3.8, 4) is 5.75 Å². The number of piperazine rings is 1. The van der Waals surface area contributed by atoms with Crippen molar-refractivity contribution >= 4 is 23.0 Å². The van der Waals surface area contributed by atoms with Crippen molar-refractivity contribution in [3.05, 3.63) is 92.9 Å². The normalized spacial score (nSPS) is 13.9. The predicted octanol–water partition coefficient (Wildman–Crippen LogP) is 2.73. The Morgan fingerprint density at radius 3 is 2.37 bits per heavy atom. The Kier molecular flexibility index (Phi) is 7.41. The van der Waals surface area contributed by atoms with E-state index in [0.717, 1.165) is 26.2 Å². The van der Waals surface area contributed by atoms with Crippen LogP contribution in [0, 0.1) is 10.1 Å². The van der Waals surface area contributed by atoms with Crippen LogP contribution in [-0.2, 0) is 17.9 Å². The quantitative estimate of drug-likeness (QED) is 0.392. The number of nitro benzene ring substituents is 1. The molecule has 0 saturated carbocycles. The number of ether oxygens (including phenoxy) is 1. The average Bonchev–Trinajstić information content (AvgIpc) is 2.87. The van der Waals surface area contributed by atoms with Crippen LogP contribution in [0.25, 0.3) is 0 Å². The lowest BCUT2D eigenvalue weighted by molar-refractivity contribution is -0.384. The molecule has 1 N–H and O–H groups in total. The highest BCUT2D eigenvalue weighted by Gasteiger charge is 2.19. The lowest BCUT2D eigenvalue weighted by atomic mass is 10.2. The third-order valence-electron chi connectivity index (χ3n) is 5.96. The van der Waals surface area contributed by atoms with Crippen LogP contribution in [0.4, 0.5) is 17.1 Å². The molecule has 4 rings (SSSR count). The summed E-state index contributed by atoms with van der Waals surface area (Å²) in [7, 11) is 1.42. The van der Waals surface area contributed by atoms with E-state index in [1.54, 1.807) is 10.8 Å². The minimum Gasteiger partial charge on any atom is -0.491 e. The minimum absolute atomic E-state index is 0.0348. The molecule has 35 heavy (non-hydrogen) atoms. The Morgan fingerprint density at radius 2 is 1.74 bits per heavy atom. The zero-order chi connectivity index (χ0) is 24.8. The van der Waals surface area contributed by atoms with Gasteiger partial charge in [-0.25, -0.2) is 0 Å². The summed E-state index contributed by atoms with van der Waals surface area (Å²) in [5.41, 5.74) is 2.06. The Hall–Kier alpha value is -4.18. The number of benzene rings is 2. The van der Waals surface area contributed by atoms with Crippen LogP contribution >= 0.6 is 0 Å². The van der Waals surface area contributed by atoms with Crippen LogP contribution in [0.2, 0.25) is 0 Å². The summed E-state index contributed by atoms with van der Waals surface area (Å²) in [6, 6.07) is 17.4. The molecule has 3 aromatic rings. The maximum absolute atomic E-state index is 12.7. The number of amides is 1. The van der Waals surface area contributed by atoms with E-state index in [2.05, 4.69) is 27.2 Å². The molecule has 1 fully saturated rings. The van der Waals surface area contributed by atoms with Crippen molar-refractivity contribution < 1.29 is 14.5 Å². The molecule has 182 valence electrons. The first-order valence-electron chi connectivity index (χ1n) is 11.3. The lowest BCUT2D eigenvalue weighted by Gasteiger charge is -2.36. The van der Waals surface area contributed by atoms with Crippen LogP contribution in [0.1, 0.15) is 5.69 Å². The van der Waals surface area contributed by atoms with E-state index in [1.165, 1.54) is 43.1 Å². The van der Waals surface area contributed by atoms with E-state index in [9.17, 15) is 19.7 Å². The number of para-hydroxylation sites is 1. The molecule has 1 amide bonds. The number of hydrogen-bond donors (Lipinski definition) is 1. The van der Waals surface area contributed by atoms with Gasteiger partial charge in [-0.15, -0.1) is 0 Å². The van der Waals surface area contributed by atoms with Gasteiger partial charge in [-0.3, -0.25) is 24.6 Å². The van der Waals surface area contributed by atoms with E-state index in [0.29, 0.717) is 17.9 Å². The SMILES string of the molecule is COc1cn(CC(=O)Nc2ccc([N+](=O)[O-])cc2)c(CN2CCN(c3ccccc3)CC2)cc1=O. The maximum Gasteiger partial charge on any atom is 0.269 e. The van der Waals surface area contributed by atoms with Crippen LogP contribution in [0.5, 0.6) is 5.75 Å². The summed E-state index contributed by atoms with van der Waals surface area (Å²) in [6.07, 6.45) is 1.55. The third-order valence-corrected chi connectivity index (χ3v) is 5.96. The summed E-state index contributed by atoms with van der Waals surface area (Å²) < 4.78 is 6.89. The molecule has 0 radical (unpaired) electrons. The zero-order valence-electron chi connectivity index (χ0n) is 19.4. The molecule has 1 aliphatic heterocycles. The topological polar surface area (TPSA) is 110 Å². The second-order valence-electron chi connectivity index (χ2n) is 8.28. The number of hydrogen-bond acceptors (Lipinski definition) is 7. The van der Waals surface area contributed by atoms with Crippen LogP contribution in [0.3, 0.4) is 0 Å². The van der Waals surface area contributed by atoms with Gasteiger partial charge in [0.25, 0.3) is 5.69 Å². The second-order valence-corrected chi connectivity index (χ2v) is 8.28. The number of nitrogens with one attached hydrogen (secondary N) is 1. The van der Waals surface area contributed by atoms with Gasteiger partial charge in [-0.2, -0.15) is 0 Å². The van der Waals surface area contributed by atoms with Gasteiger partial charge in [-0.1, -0.05) is 18.2 Å². The van der Waals surface area contributed by atoms with Gasteiger partial charge in [0.1, 0.15) is 6.54 Å². The van der Waals surface area contributed by atoms with Gasteiger partial charge < -0.3 is 19.5 Å². The first kappa shape index (κ1) is 24.0. The number of rotatable bonds is 8. The largest absolute Gasteiger partial charge is 0.491 e. The van der Waals surface area contributed by atoms with Crippen molar-refractivity contribution in [2.45, 2.75) is 13.1 Å². The van der Waals surface area contributed by atoms with Crippen LogP contribution < -0.4 is 20.4 Å². The van der Waals surface area contributed by atoms with Crippen LogP contribution in [0.15, 0.2) is 71.7 Å². The number of carbonyl (C=O) groups is 1. The first-order valence-corrected chi connectivity index (χ1v) is 11.3. The van der Waals surface area contributed by atoms with Gasteiger partial charge in [-0.05, 0) is 24.3 Å². The van der Waals surface area contributed by atoms with E-state index in [4.69, 9.17) is 4.74 Å². The van der Waals surface area contributed by atoms with Crippen molar-refractivity contribution in [2.75, 3.05) is 43.5 Å². The second kappa shape index (κ2) is 10.8. The number of pyridine rings is 1. The summed E-state index contributed by atoms with van der Waals surface area (Å²) in [5.74, 6) is -0.162. The monoisotopic (exact) mass is 477 g/mol. The van der Waals surface area contributed by atoms with E-state index < -0.39 is 4.92 Å². The molecule has 1 aliphatic rings. The molecule has 10 nitrogen and oxygen atoms in total. The molecule has 0 unspecified atom stereocenters. The van der Waals surface area contributed by atoms with E-state index in [-0.39, 0.29) is 29.3 Å². The highest BCUT2D eigenvalue weighted by molar-refractivity contribution is 5.90. The molecular weight excluding hydrogens is 450 g/mol. The standard InChI is InChI=1S/C25H27N5O5/c1-35-24-17-29(18-25(32)26-19-7-9-21(10-8-19)30(33)34)22(15-23(24)31)16-27-11-13-28(14-12-27)20-5-3-2-4-6-20/h2-10,15,17H,11-14,16,18H2,1H3,(H,26,32). The van der Waals surface area contributed by atoms with Gasteiger partial charge >= 0.3 is 0 Å². The number of methoxy groups -OCH3 is 1. The third kappa shape index (κ3) is 6.04. The first-order chi connectivity index (χ1) is 16.9. The van der Waals surface area contributed by atoms with Crippen LogP contribution in [-0.4, -0.2) is 53.6 Å². The number of carbonyl (C=O) groups excluding carboxylic acids is 1. The summed E-state index contributed by atoms with van der Waals surface area (Å²) >= 11 is 0. The molecule has 0 bridgehead atoms. The summed E-state index contributed by atoms with van der Waals surface area (Å²) in [6.45, 7) is 3.86. The lowest BCUT2D eigenvalue weighted by Crippen LogP contribution is -2.46. The average molecular weight is 478 g/mol. The maximum atomic E-state index is 12.7. The van der Waals surface area contributed by atoms with Gasteiger partial charge in [0.15, 0.2) is 5.75 Å². The molecule has 1 saturated heterocycles. The fraction of sp³-hybridized carbons (Fsp3) is 0.280. The summed E-state index contributed by atoms with van der Waals surface area (Å²) in [4.78, 5) is 40.1. The summed E-state index contributed by atoms with van der Waals surface area (Å²) in [5, 5.41) is 13.6. The molecule has 0 spiro atoms. The number of nitro groups is 1. The number of anilines is 2. The Morgan fingerprint density at radius 1 is 1.06 bits per heavy atom. The highest BCUT2D eigenvalue weighted by Crippen LogP contribution is 2.18. The van der Waals surface area contributed by atoms with Crippen molar-refractivity contribution in [2.24, 2.45) is 0 Å². The molecular formula is C25H27N5O5. The molecule has 0 atom stereocenters. The fourth-order valence-corrected chi connectivity index (χ4v) is 4.08. The molecule has 1 aromatic heterocycles. The Balaban J connectivity index is 1.44. The minimum atomic E-state index is -0.496. The predicted molar refractivity (Wildman–Crippen MR) is 133 cm³/mol. The highest BCUT2D eigenvalue weighted by atomic mass is 16.6. The Bertz CT molecular complexity index is 1240. The van der Waals surface area contributed by atoms with Gasteiger partial charge in [0, 0.05) is 68.0 Å². The smallest absolute Gasteiger partial charge is 0.269 e. The number of non-ortho nitro benzene ring substituents is 1. The van der Waals surface area contributed by atoms with Gasteiger partial charge in [0.2, 0.25) is 11.3 Å². The van der Waals surface area contributed by atoms with Gasteiger partial charge in [0.05, 0.1) is 18.2 Å². The van der Waals surface area contributed by atoms with Crippen molar-refractivity contribution in [3.63, 3.8) is 0 Å². The van der Waals surface area contributed by atoms with Crippen molar-refractivity contribution in [1.82, 2.24) is 9.47 Å². The van der Waals surface area contributed by atoms with E-state index >= 15 is 0 Å². The molecule has 2 aromatic carbocycles. The number of aromatic nitrogens is 1.